The standard InChI is InChI=1S/C51H56O8/c1-26(2)11-15-50(16-12-27(3)4)36-23-32-19-30(9)21-38(52)40(32)46(56)42(36)44(54)34(48(50)58)25-35-45(55)43-37(24-33-20-31(10)22-39(53)41(33)47(43)57)51(49(35)59,17-13-28(5)6)18-14-29(7)8/h11-14,19-24,52-57H,15-18,25H2,1-10H3. The molecule has 0 heterocycles. The third-order valence-electron chi connectivity index (χ3n) is 12.0. The first kappa shape index (κ1) is 42.6. The van der Waals surface area contributed by atoms with Gasteiger partial charge in [0.1, 0.15) is 34.5 Å². The van der Waals surface area contributed by atoms with Gasteiger partial charge in [0.15, 0.2) is 11.6 Å². The van der Waals surface area contributed by atoms with Gasteiger partial charge in [0.2, 0.25) is 0 Å². The van der Waals surface area contributed by atoms with Gasteiger partial charge in [-0.1, -0.05) is 58.7 Å². The van der Waals surface area contributed by atoms with Crippen LogP contribution in [0.15, 0.2) is 94.1 Å². The second kappa shape index (κ2) is 15.6. The Labute approximate surface area is 346 Å². The molecule has 2 aliphatic rings. The normalized spacial score (nSPS) is 15.6. The number of aliphatic hydroxyl groups excluding tert-OH is 2. The summed E-state index contributed by atoms with van der Waals surface area (Å²) in [6, 6.07) is 10.1. The minimum atomic E-state index is -1.38. The average Bonchev–Trinajstić information content (AvgIpc) is 3.13. The number of aliphatic hydroxyl groups is 2. The van der Waals surface area contributed by atoms with Crippen LogP contribution >= 0.6 is 0 Å². The number of aromatic hydroxyl groups is 4. The van der Waals surface area contributed by atoms with Crippen molar-refractivity contribution in [3.05, 3.63) is 128 Å². The van der Waals surface area contributed by atoms with E-state index in [1.807, 2.05) is 93.5 Å². The van der Waals surface area contributed by atoms with Crippen molar-refractivity contribution in [2.24, 2.45) is 0 Å². The van der Waals surface area contributed by atoms with Gasteiger partial charge in [0, 0.05) is 17.6 Å². The van der Waals surface area contributed by atoms with E-state index in [-0.39, 0.29) is 70.2 Å². The molecule has 4 aromatic carbocycles. The number of carbonyl (C=O) groups excluding carboxylic acids is 2. The molecule has 0 fully saturated rings. The molecule has 0 atom stereocenters. The van der Waals surface area contributed by atoms with Crippen molar-refractivity contribution in [1.82, 2.24) is 0 Å². The predicted molar refractivity (Wildman–Crippen MR) is 237 cm³/mol. The summed E-state index contributed by atoms with van der Waals surface area (Å²) in [6.07, 6.45) is 7.95. The first-order chi connectivity index (χ1) is 27.6. The number of phenols is 4. The number of fused-ring (bicyclic) bond motifs is 4. The van der Waals surface area contributed by atoms with Crippen LogP contribution in [0.25, 0.3) is 33.1 Å². The van der Waals surface area contributed by atoms with Gasteiger partial charge in [-0.3, -0.25) is 9.59 Å². The number of hydrogen-bond donors (Lipinski definition) is 6. The van der Waals surface area contributed by atoms with Crippen LogP contribution in [0.1, 0.15) is 121 Å². The molecule has 2 aliphatic carbocycles. The van der Waals surface area contributed by atoms with Crippen LogP contribution in [0, 0.1) is 13.8 Å². The SMILES string of the molecule is CC(C)=CCC1(CC=C(C)C)C(=O)C(CC2=C(O)c3c(cc4cc(C)cc(O)c4c3O)C(CC=C(C)C)(CC=C(C)C)C2=O)=C(O)c2c1cc1cc(C)cc(O)c1c2O. The van der Waals surface area contributed by atoms with Crippen molar-refractivity contribution in [2.75, 3.05) is 0 Å². The summed E-state index contributed by atoms with van der Waals surface area (Å²) >= 11 is 0. The molecule has 6 N–H and O–H groups in total. The maximum absolute atomic E-state index is 15.5. The number of ketones is 2. The molecule has 0 aliphatic heterocycles. The third kappa shape index (κ3) is 7.23. The van der Waals surface area contributed by atoms with Crippen molar-refractivity contribution in [1.29, 1.82) is 0 Å². The van der Waals surface area contributed by atoms with Crippen LogP contribution in [0.4, 0.5) is 0 Å². The average molecular weight is 797 g/mol. The largest absolute Gasteiger partial charge is 0.507 e. The molecule has 6 rings (SSSR count). The fourth-order valence-corrected chi connectivity index (χ4v) is 8.86. The molecular weight excluding hydrogens is 741 g/mol. The topological polar surface area (TPSA) is 156 Å². The van der Waals surface area contributed by atoms with Crippen LogP contribution in [-0.2, 0) is 20.4 Å². The Bertz CT molecular complexity index is 2440. The van der Waals surface area contributed by atoms with E-state index in [2.05, 4.69) is 0 Å². The second-order valence-electron chi connectivity index (χ2n) is 17.7. The van der Waals surface area contributed by atoms with Crippen molar-refractivity contribution >= 4 is 44.6 Å². The van der Waals surface area contributed by atoms with Gasteiger partial charge in [0.25, 0.3) is 0 Å². The second-order valence-corrected chi connectivity index (χ2v) is 17.7. The van der Waals surface area contributed by atoms with Crippen LogP contribution < -0.4 is 0 Å². The maximum Gasteiger partial charge on any atom is 0.174 e. The Morgan fingerprint density at radius 2 is 0.797 bits per heavy atom. The van der Waals surface area contributed by atoms with Crippen LogP contribution in [0.2, 0.25) is 0 Å². The van der Waals surface area contributed by atoms with Crippen molar-refractivity contribution < 1.29 is 40.2 Å². The Morgan fingerprint density at radius 3 is 1.08 bits per heavy atom. The number of hydrogen-bond acceptors (Lipinski definition) is 8. The smallest absolute Gasteiger partial charge is 0.174 e. The Kier molecular flexibility index (Phi) is 11.3. The lowest BCUT2D eigenvalue weighted by atomic mass is 9.60. The van der Waals surface area contributed by atoms with E-state index in [1.54, 1.807) is 24.3 Å². The summed E-state index contributed by atoms with van der Waals surface area (Å²) in [4.78, 5) is 31.1. The lowest BCUT2D eigenvalue weighted by Gasteiger charge is -2.40. The zero-order valence-electron chi connectivity index (χ0n) is 35.8. The summed E-state index contributed by atoms with van der Waals surface area (Å²) in [5.74, 6) is -3.32. The molecule has 0 amide bonds. The van der Waals surface area contributed by atoms with Gasteiger partial charge >= 0.3 is 0 Å². The summed E-state index contributed by atoms with van der Waals surface area (Å²) in [5.41, 5.74) is 2.77. The predicted octanol–water partition coefficient (Wildman–Crippen LogP) is 12.1. The molecule has 0 saturated carbocycles. The van der Waals surface area contributed by atoms with E-state index in [4.69, 9.17) is 0 Å². The molecular formula is C51H56O8. The van der Waals surface area contributed by atoms with Gasteiger partial charge in [-0.05, 0) is 152 Å². The molecule has 8 nitrogen and oxygen atoms in total. The van der Waals surface area contributed by atoms with E-state index in [9.17, 15) is 30.6 Å². The van der Waals surface area contributed by atoms with Gasteiger partial charge in [-0.25, -0.2) is 0 Å². The highest BCUT2D eigenvalue weighted by molar-refractivity contribution is 6.19. The number of phenolic OH excluding ortho intramolecular Hbond substituents is 4. The van der Waals surface area contributed by atoms with Gasteiger partial charge in [0.05, 0.1) is 32.7 Å². The van der Waals surface area contributed by atoms with Gasteiger partial charge < -0.3 is 30.6 Å². The number of aryl methyl sites for hydroxylation is 2. The molecule has 0 saturated heterocycles. The fraction of sp³-hybridized carbons (Fsp3) is 0.333. The van der Waals surface area contributed by atoms with E-state index in [0.717, 1.165) is 33.4 Å². The summed E-state index contributed by atoms with van der Waals surface area (Å²) in [5, 5.41) is 72.4. The molecule has 0 aromatic heterocycles. The quantitative estimate of drug-likeness (QED) is 0.0866. The van der Waals surface area contributed by atoms with E-state index >= 15 is 9.59 Å². The van der Waals surface area contributed by atoms with E-state index in [1.165, 1.54) is 12.1 Å². The number of carbonyl (C=O) groups is 2. The monoisotopic (exact) mass is 796 g/mol. The first-order valence-corrected chi connectivity index (χ1v) is 20.1. The van der Waals surface area contributed by atoms with Crippen LogP contribution in [-0.4, -0.2) is 42.2 Å². The van der Waals surface area contributed by atoms with Gasteiger partial charge in [-0.2, -0.15) is 0 Å². The minimum Gasteiger partial charge on any atom is -0.507 e. The highest BCUT2D eigenvalue weighted by Gasteiger charge is 2.52. The Balaban J connectivity index is 1.74. The fourth-order valence-electron chi connectivity index (χ4n) is 8.86. The van der Waals surface area contributed by atoms with Crippen LogP contribution in [0.3, 0.4) is 0 Å². The molecule has 0 spiro atoms. The number of Topliss-reactive ketones (excluding diaryl/α,β-unsaturated/α-hetero) is 2. The number of benzene rings is 4. The zero-order chi connectivity index (χ0) is 43.5. The van der Waals surface area contributed by atoms with E-state index in [0.29, 0.717) is 21.9 Å². The maximum atomic E-state index is 15.5. The van der Waals surface area contributed by atoms with Crippen molar-refractivity contribution in [3.8, 4) is 23.0 Å². The van der Waals surface area contributed by atoms with Crippen molar-refractivity contribution in [3.63, 3.8) is 0 Å². The highest BCUT2D eigenvalue weighted by Crippen LogP contribution is 2.56. The van der Waals surface area contributed by atoms with Crippen molar-refractivity contribution in [2.45, 2.75) is 112 Å². The molecule has 308 valence electrons. The molecule has 0 bridgehead atoms. The lowest BCUT2D eigenvalue weighted by Crippen LogP contribution is -2.43. The summed E-state index contributed by atoms with van der Waals surface area (Å²) in [6.45, 7) is 19.0. The highest BCUT2D eigenvalue weighted by atomic mass is 16.3. The number of allylic oxidation sites excluding steroid dienone is 10. The summed E-state index contributed by atoms with van der Waals surface area (Å²) in [7, 11) is 0. The first-order valence-electron chi connectivity index (χ1n) is 20.1. The van der Waals surface area contributed by atoms with E-state index < -0.39 is 51.8 Å². The Morgan fingerprint density at radius 1 is 0.492 bits per heavy atom. The molecule has 0 radical (unpaired) electrons. The summed E-state index contributed by atoms with van der Waals surface area (Å²) < 4.78 is 0. The minimum absolute atomic E-state index is 0.0335. The third-order valence-corrected chi connectivity index (χ3v) is 12.0. The Hall–Kier alpha value is -6.02. The lowest BCUT2D eigenvalue weighted by molar-refractivity contribution is -0.121. The number of rotatable bonds is 10. The molecule has 4 aromatic rings. The van der Waals surface area contributed by atoms with Crippen LogP contribution in [0.5, 0.6) is 23.0 Å². The molecule has 59 heavy (non-hydrogen) atoms. The van der Waals surface area contributed by atoms with Gasteiger partial charge in [-0.15, -0.1) is 0 Å². The zero-order valence-corrected chi connectivity index (χ0v) is 35.8. The molecule has 8 heteroatoms. The molecule has 0 unspecified atom stereocenters.